The summed E-state index contributed by atoms with van der Waals surface area (Å²) < 4.78 is 149. The second-order valence-corrected chi connectivity index (χ2v) is 57.1. The van der Waals surface area contributed by atoms with Gasteiger partial charge in [-0.25, -0.2) is 43.9 Å². The highest BCUT2D eigenvalue weighted by Gasteiger charge is 2.74. The van der Waals surface area contributed by atoms with E-state index in [1.807, 2.05) is 0 Å². The smallest absolute Gasteiger partial charge is 0.303 e. The molecule has 20 aliphatic carbocycles. The Balaban J connectivity index is 0.000000128. The molecule has 8 N–H and O–H groups in total. The predicted octanol–water partition coefficient (Wildman–Crippen LogP) is 30.8. The van der Waals surface area contributed by atoms with Gasteiger partial charge in [-0.05, 0) is 457 Å². The van der Waals surface area contributed by atoms with E-state index in [1.54, 1.807) is 0 Å². The summed E-state index contributed by atoms with van der Waals surface area (Å²) in [6.45, 7) is 34.0. The van der Waals surface area contributed by atoms with Gasteiger partial charge >= 0.3 is 29.8 Å². The standard InChI is InChI=1S/3C24H38F2O3.2C24H38F2O2/c1-14(4-7-20(28)29)17-5-6-18-21-19(9-11-23(17,18)3)22(2)10-8-16(27)12-15(22)13-24(21,25)26;1-14(4-7-20(28)29)16-5-6-17-21-18(8-9-23(16,17)3)22(2)10-11-24(25,26)13-15(22)12-19(21)27;1-14(4-7-20(27)28)16-5-6-17-21-18(8-9-23(16,17)3)22(2)10-11-24(26,29)13-15(22)12-19(21)25;1-15(4-9-21(27)28)18-7-8-19-17-6-5-16-14-24(25,26)13-12-22(16,2)20(17)10-11-23(18,19)3;1-15(7-10-20(27)28)17-8-9-18-21-19(11-13-23(17,18)3)22(2)12-5-4-6-16(22)14-24(21,25)26/h2*14-19,21,27H,4-13H2,1-3H3,(H,28,29);14-19,21,29H,4-13H2,1-3H3,(H,27,28);15-20H,4-14H2,1-3H3,(H,27,28);15-19,21H,4-14H2,1-3H3,(H,27,28). The van der Waals surface area contributed by atoms with Gasteiger partial charge in [0.15, 0.2) is 0 Å². The molecule has 20 rings (SSSR count). The van der Waals surface area contributed by atoms with Crippen LogP contribution in [-0.2, 0) is 24.0 Å². The Morgan fingerprint density at radius 1 is 0.280 bits per heavy atom. The molecule has 0 saturated heterocycles. The molecule has 20 saturated carbocycles. The van der Waals surface area contributed by atoms with E-state index >= 15 is 22.0 Å². The fourth-order valence-electron chi connectivity index (χ4n) is 43.4. The molecule has 0 aromatic carbocycles. The first-order valence-electron chi connectivity index (χ1n) is 58.6. The summed E-state index contributed by atoms with van der Waals surface area (Å²) in [6.07, 6.45) is 35.8. The van der Waals surface area contributed by atoms with Crippen molar-refractivity contribution in [3.05, 3.63) is 0 Å². The average Bonchev–Trinajstić information content (AvgIpc) is 1.66. The van der Waals surface area contributed by atoms with Crippen LogP contribution in [0.1, 0.15) is 438 Å². The molecular weight excluding hydrogens is 1840 g/mol. The summed E-state index contributed by atoms with van der Waals surface area (Å²) in [5, 5.41) is 76.6. The van der Waals surface area contributed by atoms with Crippen molar-refractivity contribution in [2.45, 2.75) is 486 Å². The largest absolute Gasteiger partial charge is 0.481 e. The van der Waals surface area contributed by atoms with Crippen LogP contribution in [0, 0.1) is 232 Å². The third-order valence-electron chi connectivity index (χ3n) is 51.0. The van der Waals surface area contributed by atoms with Crippen LogP contribution in [-0.4, -0.2) is 119 Å². The molecule has 0 spiro atoms. The molecule has 44 unspecified atom stereocenters. The average molecular weight is 2030 g/mol. The quantitative estimate of drug-likeness (QED) is 0.0529. The second-order valence-electron chi connectivity index (χ2n) is 57.1. The Bertz CT molecular complexity index is 4340. The number of fused-ring (bicyclic) bond motifs is 25. The summed E-state index contributed by atoms with van der Waals surface area (Å²) >= 11 is 0. The Labute approximate surface area is 851 Å². The number of halogens is 10. The van der Waals surface area contributed by atoms with Crippen LogP contribution in [0.4, 0.5) is 43.9 Å². The van der Waals surface area contributed by atoms with E-state index in [0.717, 1.165) is 154 Å². The van der Waals surface area contributed by atoms with Crippen LogP contribution < -0.4 is 0 Å². The zero-order valence-electron chi connectivity index (χ0n) is 90.2. The molecule has 20 fully saturated rings. The van der Waals surface area contributed by atoms with Crippen molar-refractivity contribution in [3.8, 4) is 0 Å². The number of rotatable bonds is 20. The maximum absolute atomic E-state index is 15.6. The minimum absolute atomic E-state index is 0.00387. The number of aliphatic carboxylic acids is 5. The fraction of sp³-hybridized carbons (Fsp3) is 0.958. The number of carboxylic acids is 5. The van der Waals surface area contributed by atoms with Gasteiger partial charge in [0.25, 0.3) is 11.8 Å². The van der Waals surface area contributed by atoms with Gasteiger partial charge in [-0.3, -0.25) is 24.0 Å². The lowest BCUT2D eigenvalue weighted by Gasteiger charge is -2.63. The number of hydrogen-bond donors (Lipinski definition) is 8. The van der Waals surface area contributed by atoms with E-state index in [0.29, 0.717) is 158 Å². The maximum atomic E-state index is 15.6. The first-order chi connectivity index (χ1) is 66.6. The molecule has 0 amide bonds. The van der Waals surface area contributed by atoms with Gasteiger partial charge < -0.3 is 40.9 Å². The SMILES string of the molecule is CC(CCC(=O)O)C1CCC2C3C(CCC12C)C1(C)CCC(O)CC1CC3(F)F.CC(CCC(=O)O)C1CCC2C3C(CCC12C)C1(C)CCCCC1CC3(F)F.CC(CCC(=O)O)C1CCC2C3C(F)CC4CC(O)(F)CCC4(C)C3CCC12C.CC(CCC(=O)O)C1CCC2C3C(O)CC4CC(F)(F)CCC4(C)C3CCC12C.CC(CCC(=O)O)C1CCC2C3CCC4CC(F)(F)CCC4(C)C3CCC12C. The Morgan fingerprint density at radius 2 is 0.573 bits per heavy atom. The lowest BCUT2D eigenvalue weighted by atomic mass is 9.43. The normalized spacial score (nSPS) is 49.7. The third kappa shape index (κ3) is 20.7. The van der Waals surface area contributed by atoms with Gasteiger partial charge in [0.1, 0.15) is 6.17 Å². The fourth-order valence-corrected chi connectivity index (χ4v) is 43.4. The number of hydrogen-bond acceptors (Lipinski definition) is 8. The van der Waals surface area contributed by atoms with Crippen LogP contribution in [0.25, 0.3) is 0 Å². The first-order valence-corrected chi connectivity index (χ1v) is 58.6. The Hall–Kier alpha value is -3.47. The van der Waals surface area contributed by atoms with Gasteiger partial charge in [-0.1, -0.05) is 117 Å². The number of aliphatic hydroxyl groups is 3. The van der Waals surface area contributed by atoms with E-state index in [1.165, 1.54) is 32.1 Å². The van der Waals surface area contributed by atoms with E-state index in [-0.39, 0.29) is 209 Å². The molecule has 0 aromatic rings. The zero-order valence-corrected chi connectivity index (χ0v) is 90.2. The summed E-state index contributed by atoms with van der Waals surface area (Å²) in [6, 6.07) is 0. The van der Waals surface area contributed by atoms with Crippen molar-refractivity contribution < 1.29 is 109 Å². The topological polar surface area (TPSA) is 247 Å². The van der Waals surface area contributed by atoms with Crippen LogP contribution in [0.5, 0.6) is 0 Å². The molecule has 44 atom stereocenters. The molecule has 23 heteroatoms. The Morgan fingerprint density at radius 3 is 1.01 bits per heavy atom. The van der Waals surface area contributed by atoms with Crippen LogP contribution >= 0.6 is 0 Å². The molecular formula is C120H190F10O13. The van der Waals surface area contributed by atoms with Gasteiger partial charge in [0.05, 0.1) is 12.2 Å². The lowest BCUT2D eigenvalue weighted by Crippen LogP contribution is -2.61. The number of carbonyl (C=O) groups is 5. The van der Waals surface area contributed by atoms with Crippen molar-refractivity contribution >= 4 is 29.8 Å². The highest BCUT2D eigenvalue weighted by atomic mass is 19.3. The van der Waals surface area contributed by atoms with E-state index < -0.39 is 89.6 Å². The van der Waals surface area contributed by atoms with Crippen molar-refractivity contribution in [1.82, 2.24) is 0 Å². The van der Waals surface area contributed by atoms with Gasteiger partial charge in [0, 0.05) is 95.3 Å². The number of alkyl halides is 10. The van der Waals surface area contributed by atoms with Crippen molar-refractivity contribution in [2.75, 3.05) is 0 Å². The van der Waals surface area contributed by atoms with Crippen LogP contribution in [0.3, 0.4) is 0 Å². The molecule has 143 heavy (non-hydrogen) atoms. The van der Waals surface area contributed by atoms with Crippen molar-refractivity contribution in [2.24, 2.45) is 232 Å². The summed E-state index contributed by atoms with van der Waals surface area (Å²) in [5.41, 5.74) is 0.419. The highest BCUT2D eigenvalue weighted by Crippen LogP contribution is 2.78. The molecule has 0 aromatic heterocycles. The van der Waals surface area contributed by atoms with Gasteiger partial charge in [-0.2, -0.15) is 0 Å². The van der Waals surface area contributed by atoms with Crippen LogP contribution in [0.15, 0.2) is 0 Å². The summed E-state index contributed by atoms with van der Waals surface area (Å²) in [5.74, 6) is -8.65. The van der Waals surface area contributed by atoms with E-state index in [9.17, 15) is 61.2 Å². The van der Waals surface area contributed by atoms with Gasteiger partial charge in [0.2, 0.25) is 17.7 Å². The minimum atomic E-state index is -2.66. The summed E-state index contributed by atoms with van der Waals surface area (Å²) in [7, 11) is 0. The van der Waals surface area contributed by atoms with Crippen LogP contribution in [0.2, 0.25) is 0 Å². The number of aliphatic hydroxyl groups excluding tert-OH is 2. The molecule has 0 aliphatic heterocycles. The second kappa shape index (κ2) is 41.1. The van der Waals surface area contributed by atoms with Gasteiger partial charge in [-0.15, -0.1) is 0 Å². The van der Waals surface area contributed by atoms with E-state index in [2.05, 4.69) is 104 Å². The summed E-state index contributed by atoms with van der Waals surface area (Å²) in [4.78, 5) is 55.2. The molecule has 20 aliphatic rings. The highest BCUT2D eigenvalue weighted by molar-refractivity contribution is 5.68. The predicted molar refractivity (Wildman–Crippen MR) is 535 cm³/mol. The van der Waals surface area contributed by atoms with Crippen molar-refractivity contribution in [3.63, 3.8) is 0 Å². The molecule has 0 bridgehead atoms. The molecule has 0 radical (unpaired) electrons. The molecule has 818 valence electrons. The lowest BCUT2D eigenvalue weighted by molar-refractivity contribution is -0.238. The first kappa shape index (κ1) is 112. The zero-order chi connectivity index (χ0) is 104. The maximum Gasteiger partial charge on any atom is 0.303 e. The molecule has 13 nitrogen and oxygen atoms in total. The third-order valence-corrected chi connectivity index (χ3v) is 51.0. The number of carboxylic acid groups (broad SMARTS) is 5. The van der Waals surface area contributed by atoms with E-state index in [4.69, 9.17) is 25.5 Å². The van der Waals surface area contributed by atoms with Crippen molar-refractivity contribution in [1.29, 1.82) is 0 Å². The Kier molecular flexibility index (Phi) is 32.2. The minimum Gasteiger partial charge on any atom is -0.481 e. The molecule has 0 heterocycles. The monoisotopic (exact) mass is 2030 g/mol.